The smallest absolute Gasteiger partial charge is 0.240 e. The fraction of sp³-hybridized carbons (Fsp3) is 0.421. The number of oxazole rings is 1. The van der Waals surface area contributed by atoms with E-state index in [1.807, 2.05) is 43.3 Å². The molecule has 1 aliphatic heterocycles. The van der Waals surface area contributed by atoms with E-state index < -0.39 is 0 Å². The summed E-state index contributed by atoms with van der Waals surface area (Å²) in [7, 11) is 3.86. The van der Waals surface area contributed by atoms with Crippen LogP contribution < -0.4 is 10.2 Å². The van der Waals surface area contributed by atoms with Crippen LogP contribution in [0.25, 0.3) is 0 Å². The number of anilines is 1. The molecule has 2 aromatic rings. The normalized spacial score (nSPS) is 14.3. The molecule has 0 atom stereocenters. The zero-order chi connectivity index (χ0) is 18.5. The van der Waals surface area contributed by atoms with E-state index in [2.05, 4.69) is 10.3 Å². The number of carbonyl (C=O) groups is 2. The summed E-state index contributed by atoms with van der Waals surface area (Å²) in [5.74, 6) is 0.378. The topological polar surface area (TPSA) is 78.7 Å². The molecule has 7 nitrogen and oxygen atoms in total. The highest BCUT2D eigenvalue weighted by Gasteiger charge is 2.23. The molecule has 2 heterocycles. The summed E-state index contributed by atoms with van der Waals surface area (Å²) in [5, 5.41) is 2.82. The quantitative estimate of drug-likeness (QED) is 0.853. The third-order valence-electron chi connectivity index (χ3n) is 4.24. The average molecular weight is 356 g/mol. The van der Waals surface area contributed by atoms with Gasteiger partial charge >= 0.3 is 0 Å². The van der Waals surface area contributed by atoms with Crippen LogP contribution >= 0.6 is 0 Å². The minimum atomic E-state index is -0.216. The van der Waals surface area contributed by atoms with Gasteiger partial charge in [-0.05, 0) is 38.6 Å². The van der Waals surface area contributed by atoms with Crippen molar-refractivity contribution >= 4 is 17.5 Å². The van der Waals surface area contributed by atoms with Gasteiger partial charge in [0.15, 0.2) is 0 Å². The monoisotopic (exact) mass is 356 g/mol. The highest BCUT2D eigenvalue weighted by Crippen LogP contribution is 2.26. The summed E-state index contributed by atoms with van der Waals surface area (Å²) >= 11 is 0. The Kier molecular flexibility index (Phi) is 5.68. The van der Waals surface area contributed by atoms with E-state index in [0.29, 0.717) is 24.6 Å². The van der Waals surface area contributed by atoms with Gasteiger partial charge < -0.3 is 19.5 Å². The van der Waals surface area contributed by atoms with E-state index in [-0.39, 0.29) is 24.9 Å². The molecule has 3 rings (SSSR count). The van der Waals surface area contributed by atoms with Crippen molar-refractivity contribution in [1.29, 1.82) is 0 Å². The van der Waals surface area contributed by atoms with Crippen molar-refractivity contribution in [3.8, 4) is 0 Å². The maximum atomic E-state index is 12.4. The predicted molar refractivity (Wildman–Crippen MR) is 97.5 cm³/mol. The first-order valence-corrected chi connectivity index (χ1v) is 8.76. The van der Waals surface area contributed by atoms with Gasteiger partial charge in [-0.2, -0.15) is 0 Å². The third-order valence-corrected chi connectivity index (χ3v) is 4.24. The molecule has 0 bridgehead atoms. The number of hydrogen-bond acceptors (Lipinski definition) is 5. The summed E-state index contributed by atoms with van der Waals surface area (Å²) in [5.41, 5.74) is 2.61. The third kappa shape index (κ3) is 4.49. The van der Waals surface area contributed by atoms with E-state index in [4.69, 9.17) is 4.42 Å². The number of nitrogens with zero attached hydrogens (tertiary/aromatic N) is 3. The maximum Gasteiger partial charge on any atom is 0.240 e. The van der Waals surface area contributed by atoms with Crippen LogP contribution in [0, 0.1) is 0 Å². The Balaban J connectivity index is 1.60. The van der Waals surface area contributed by atoms with E-state index in [1.165, 1.54) is 0 Å². The molecule has 26 heavy (non-hydrogen) atoms. The number of carbonyl (C=O) groups excluding carboxylic acids is 2. The van der Waals surface area contributed by atoms with Crippen LogP contribution in [0.2, 0.25) is 0 Å². The lowest BCUT2D eigenvalue weighted by Gasteiger charge is -2.22. The fourth-order valence-corrected chi connectivity index (χ4v) is 3.02. The Morgan fingerprint density at radius 2 is 2.12 bits per heavy atom. The molecular weight excluding hydrogens is 332 g/mol. The largest absolute Gasteiger partial charge is 0.447 e. The molecule has 1 N–H and O–H groups in total. The number of rotatable bonds is 6. The Labute approximate surface area is 153 Å². The second-order valence-electron chi connectivity index (χ2n) is 6.71. The molecular formula is C19H24N4O3. The van der Waals surface area contributed by atoms with Crippen LogP contribution in [-0.2, 0) is 29.1 Å². The highest BCUT2D eigenvalue weighted by atomic mass is 16.3. The minimum absolute atomic E-state index is 0.0122. The van der Waals surface area contributed by atoms with Crippen molar-refractivity contribution in [2.24, 2.45) is 0 Å². The number of aryl methyl sites for hydroxylation is 1. The van der Waals surface area contributed by atoms with Gasteiger partial charge in [-0.3, -0.25) is 9.59 Å². The SMILES string of the molecule is CN(C)Cc1nc(CNC(=O)CN2C(=O)CCCc3ccccc32)co1. The first kappa shape index (κ1) is 18.1. The molecule has 138 valence electrons. The number of fused-ring (bicyclic) bond motifs is 1. The predicted octanol–water partition coefficient (Wildman–Crippen LogP) is 1.72. The second kappa shape index (κ2) is 8.14. The molecule has 2 amide bonds. The molecule has 1 aliphatic rings. The Bertz CT molecular complexity index is 785. The molecule has 0 saturated carbocycles. The van der Waals surface area contributed by atoms with Crippen molar-refractivity contribution in [2.75, 3.05) is 25.5 Å². The lowest BCUT2D eigenvalue weighted by Crippen LogP contribution is -2.40. The summed E-state index contributed by atoms with van der Waals surface area (Å²) < 4.78 is 5.37. The molecule has 1 aromatic heterocycles. The average Bonchev–Trinajstić information content (AvgIpc) is 2.98. The number of aromatic nitrogens is 1. The maximum absolute atomic E-state index is 12.4. The van der Waals surface area contributed by atoms with E-state index in [9.17, 15) is 9.59 Å². The van der Waals surface area contributed by atoms with Crippen LogP contribution in [-0.4, -0.2) is 42.3 Å². The van der Waals surface area contributed by atoms with Crippen LogP contribution in [0.4, 0.5) is 5.69 Å². The van der Waals surface area contributed by atoms with Crippen molar-refractivity contribution < 1.29 is 14.0 Å². The number of benzene rings is 1. The van der Waals surface area contributed by atoms with Gasteiger partial charge in [0, 0.05) is 12.1 Å². The van der Waals surface area contributed by atoms with Gasteiger partial charge in [0.25, 0.3) is 0 Å². The molecule has 1 aromatic carbocycles. The lowest BCUT2D eigenvalue weighted by molar-refractivity contribution is -0.123. The molecule has 0 aliphatic carbocycles. The van der Waals surface area contributed by atoms with Gasteiger partial charge in [0.1, 0.15) is 12.8 Å². The Morgan fingerprint density at radius 1 is 1.31 bits per heavy atom. The highest BCUT2D eigenvalue weighted by molar-refractivity contribution is 5.99. The molecule has 0 unspecified atom stereocenters. The number of hydrogen-bond donors (Lipinski definition) is 1. The summed E-state index contributed by atoms with van der Waals surface area (Å²) in [6, 6.07) is 7.77. The van der Waals surface area contributed by atoms with E-state index in [1.54, 1.807) is 11.2 Å². The number of para-hydroxylation sites is 1. The van der Waals surface area contributed by atoms with Gasteiger partial charge in [-0.25, -0.2) is 4.98 Å². The molecule has 0 fully saturated rings. The molecule has 0 radical (unpaired) electrons. The van der Waals surface area contributed by atoms with Gasteiger partial charge in [0.2, 0.25) is 17.7 Å². The van der Waals surface area contributed by atoms with E-state index >= 15 is 0 Å². The minimum Gasteiger partial charge on any atom is -0.447 e. The van der Waals surface area contributed by atoms with Crippen molar-refractivity contribution in [3.05, 3.63) is 47.7 Å². The van der Waals surface area contributed by atoms with Gasteiger partial charge in [0.05, 0.1) is 18.8 Å². The lowest BCUT2D eigenvalue weighted by atomic mass is 10.1. The van der Waals surface area contributed by atoms with E-state index in [0.717, 1.165) is 24.1 Å². The number of amides is 2. The van der Waals surface area contributed by atoms with Crippen LogP contribution in [0.15, 0.2) is 34.9 Å². The zero-order valence-electron chi connectivity index (χ0n) is 15.2. The van der Waals surface area contributed by atoms with Gasteiger partial charge in [-0.15, -0.1) is 0 Å². The summed E-state index contributed by atoms with van der Waals surface area (Å²) in [6.45, 7) is 0.894. The number of nitrogens with one attached hydrogen (secondary N) is 1. The van der Waals surface area contributed by atoms with Crippen LogP contribution in [0.3, 0.4) is 0 Å². The Hall–Kier alpha value is -2.67. The molecule has 0 spiro atoms. The first-order valence-electron chi connectivity index (χ1n) is 8.76. The molecule has 0 saturated heterocycles. The van der Waals surface area contributed by atoms with Crippen molar-refractivity contribution in [3.63, 3.8) is 0 Å². The van der Waals surface area contributed by atoms with Crippen molar-refractivity contribution in [1.82, 2.24) is 15.2 Å². The Morgan fingerprint density at radius 3 is 2.92 bits per heavy atom. The van der Waals surface area contributed by atoms with Crippen LogP contribution in [0.5, 0.6) is 0 Å². The fourth-order valence-electron chi connectivity index (χ4n) is 3.02. The van der Waals surface area contributed by atoms with Crippen LogP contribution in [0.1, 0.15) is 30.0 Å². The second-order valence-corrected chi connectivity index (χ2v) is 6.71. The zero-order valence-corrected chi connectivity index (χ0v) is 15.2. The first-order chi connectivity index (χ1) is 12.5. The molecule has 7 heteroatoms. The van der Waals surface area contributed by atoms with Crippen molar-refractivity contribution in [2.45, 2.75) is 32.4 Å². The van der Waals surface area contributed by atoms with Gasteiger partial charge in [-0.1, -0.05) is 18.2 Å². The summed E-state index contributed by atoms with van der Waals surface area (Å²) in [4.78, 5) is 32.6. The standard InChI is InChI=1S/C19H24N4O3/c1-22(2)12-18-21-15(13-26-18)10-20-17(24)11-23-16-8-4-3-6-14(16)7-5-9-19(23)25/h3-4,6,8,13H,5,7,9-12H2,1-2H3,(H,20,24). The summed E-state index contributed by atoms with van der Waals surface area (Å²) in [6.07, 6.45) is 3.67.